The molecule has 1 fully saturated rings. The molecule has 8 N–H and O–H groups in total. The van der Waals surface area contributed by atoms with Crippen molar-refractivity contribution in [3.63, 3.8) is 0 Å². The van der Waals surface area contributed by atoms with E-state index in [0.717, 1.165) is 24.1 Å². The van der Waals surface area contributed by atoms with Crippen LogP contribution in [0.1, 0.15) is 19.4 Å². The third kappa shape index (κ3) is 7.02. The Labute approximate surface area is 249 Å². The molecule has 1 aliphatic heterocycles. The minimum absolute atomic E-state index is 0.00325. The normalized spacial score (nSPS) is 24.5. The van der Waals surface area contributed by atoms with Gasteiger partial charge in [0.25, 0.3) is 5.56 Å². The lowest BCUT2D eigenvalue weighted by Crippen LogP contribution is -2.34. The SMILES string of the molecule is CC(OP(=O)(O)OC[C@H]1O[C@@H](n2cnc3c(N)ncnc32)C(F)[C@H]1OC[PH](=O)O)[C@@H](OC(O)F)n1cnc2c(=O)[nH]c(N)nc21. The maximum absolute atomic E-state index is 15.7. The largest absolute Gasteiger partial charge is 0.472 e. The molecule has 0 radical (unpaired) electrons. The predicted molar refractivity (Wildman–Crippen MR) is 146 cm³/mol. The summed E-state index contributed by atoms with van der Waals surface area (Å²) in [5.41, 5.74) is 10.3. The van der Waals surface area contributed by atoms with Gasteiger partial charge in [0, 0.05) is 0 Å². The monoisotopic (exact) mass is 682 g/mol. The third-order valence-electron chi connectivity index (χ3n) is 6.41. The molecule has 25 heteroatoms. The van der Waals surface area contributed by atoms with Crippen LogP contribution in [0.5, 0.6) is 0 Å². The summed E-state index contributed by atoms with van der Waals surface area (Å²) < 4.78 is 81.4. The first kappa shape index (κ1) is 32.9. The van der Waals surface area contributed by atoms with E-state index < -0.39 is 77.8 Å². The number of phosphoric ester groups is 1. The van der Waals surface area contributed by atoms with Gasteiger partial charge in [0.15, 0.2) is 41.3 Å². The molecule has 0 aliphatic carbocycles. The Morgan fingerprint density at radius 3 is 2.67 bits per heavy atom. The number of aromatic amines is 1. The standard InChI is InChI=1S/C20H26F2N10O11P2/c1-7(17(42-19(22)34)32-5-28-11-15(32)29-20(24)30-16(11)33)43-45(37,38)40-2-8-12(39-6-44(35)36)9(21)18(41-8)31-4-27-10-13(23)25-3-26-14(10)31/h3-5,7-9,12,17-19,34,44H,2,6H2,1H3,(H,35,36)(H,37,38)(H2,23,25,26)(H3,24,29,30,33)/t7?,8-,9?,12+,17-,18-,19?/m1/s1. The summed E-state index contributed by atoms with van der Waals surface area (Å²) in [5.74, 6) is -0.342. The van der Waals surface area contributed by atoms with E-state index in [1.165, 1.54) is 10.9 Å². The van der Waals surface area contributed by atoms with E-state index in [1.54, 1.807) is 0 Å². The summed E-state index contributed by atoms with van der Waals surface area (Å²) in [6.07, 6.45) is -7.49. The molecule has 21 nitrogen and oxygen atoms in total. The molecular weight excluding hydrogens is 656 g/mol. The summed E-state index contributed by atoms with van der Waals surface area (Å²) >= 11 is 0. The second-order valence-electron chi connectivity index (χ2n) is 9.43. The van der Waals surface area contributed by atoms with E-state index >= 15 is 4.39 Å². The quantitative estimate of drug-likeness (QED) is 0.0761. The Balaban J connectivity index is 1.34. The molecule has 0 aromatic carbocycles. The number of H-pyrrole nitrogens is 1. The number of aromatic nitrogens is 8. The summed E-state index contributed by atoms with van der Waals surface area (Å²) in [4.78, 5) is 53.6. The zero-order valence-electron chi connectivity index (χ0n) is 22.8. The average molecular weight is 682 g/mol. The summed E-state index contributed by atoms with van der Waals surface area (Å²) in [6, 6.07) is 0. The molecular formula is C20H26F2N10O11P2. The van der Waals surface area contributed by atoms with Crippen molar-refractivity contribution in [2.45, 2.75) is 50.4 Å². The second-order valence-corrected chi connectivity index (χ2v) is 11.9. The number of alkyl halides is 2. The first-order chi connectivity index (χ1) is 21.3. The van der Waals surface area contributed by atoms with Crippen molar-refractivity contribution in [2.24, 2.45) is 0 Å². The van der Waals surface area contributed by atoms with Gasteiger partial charge < -0.3 is 35.8 Å². The molecule has 4 aromatic heterocycles. The van der Waals surface area contributed by atoms with Gasteiger partial charge in [0.1, 0.15) is 36.5 Å². The number of aliphatic hydroxyl groups is 1. The number of halogens is 2. The minimum atomic E-state index is -5.14. The number of aliphatic hydroxyl groups excluding tert-OH is 1. The van der Waals surface area contributed by atoms with E-state index in [9.17, 15) is 33.2 Å². The fraction of sp³-hybridized carbons (Fsp3) is 0.500. The summed E-state index contributed by atoms with van der Waals surface area (Å²) in [7, 11) is -8.36. The molecule has 5 rings (SSSR count). The molecule has 1 saturated heterocycles. The zero-order chi connectivity index (χ0) is 32.6. The van der Waals surface area contributed by atoms with Crippen LogP contribution >= 0.6 is 15.9 Å². The van der Waals surface area contributed by atoms with Crippen LogP contribution in [-0.2, 0) is 32.4 Å². The second kappa shape index (κ2) is 13.1. The van der Waals surface area contributed by atoms with Crippen LogP contribution in [0, 0.1) is 0 Å². The number of nitrogens with two attached hydrogens (primary N) is 2. The average Bonchev–Trinajstić information content (AvgIpc) is 3.65. The molecule has 45 heavy (non-hydrogen) atoms. The van der Waals surface area contributed by atoms with Crippen molar-refractivity contribution < 1.29 is 56.1 Å². The van der Waals surface area contributed by atoms with E-state index in [2.05, 4.69) is 29.9 Å². The highest BCUT2D eigenvalue weighted by Gasteiger charge is 2.49. The van der Waals surface area contributed by atoms with E-state index in [-0.39, 0.29) is 34.1 Å². The van der Waals surface area contributed by atoms with Crippen LogP contribution in [0.25, 0.3) is 22.3 Å². The smallest absolute Gasteiger partial charge is 0.382 e. The summed E-state index contributed by atoms with van der Waals surface area (Å²) in [6.45, 7) is -2.67. The molecule has 9 atom stereocenters. The number of hydrogen-bond donors (Lipinski definition) is 6. The number of ether oxygens (including phenoxy) is 3. The van der Waals surface area contributed by atoms with Crippen LogP contribution < -0.4 is 17.0 Å². The van der Waals surface area contributed by atoms with Crippen molar-refractivity contribution in [1.82, 2.24) is 39.0 Å². The number of imidazole rings is 2. The Morgan fingerprint density at radius 2 is 1.96 bits per heavy atom. The fourth-order valence-electron chi connectivity index (χ4n) is 4.58. The Morgan fingerprint density at radius 1 is 1.22 bits per heavy atom. The van der Waals surface area contributed by atoms with Gasteiger partial charge >= 0.3 is 14.4 Å². The zero-order valence-corrected chi connectivity index (χ0v) is 24.7. The molecule has 5 unspecified atom stereocenters. The van der Waals surface area contributed by atoms with Gasteiger partial charge in [-0.2, -0.15) is 9.37 Å². The number of phosphoric acid groups is 1. The number of nitrogen functional groups attached to an aromatic ring is 2. The van der Waals surface area contributed by atoms with E-state index in [1.807, 2.05) is 0 Å². The highest BCUT2D eigenvalue weighted by Crippen LogP contribution is 2.48. The van der Waals surface area contributed by atoms with Gasteiger partial charge in [-0.25, -0.2) is 28.9 Å². The first-order valence-corrected chi connectivity index (χ1v) is 15.7. The van der Waals surface area contributed by atoms with Crippen molar-refractivity contribution >= 4 is 49.9 Å². The fourth-order valence-corrected chi connectivity index (χ4v) is 5.84. The van der Waals surface area contributed by atoms with Gasteiger partial charge in [-0.15, -0.1) is 0 Å². The van der Waals surface area contributed by atoms with Crippen molar-refractivity contribution in [3.05, 3.63) is 29.3 Å². The van der Waals surface area contributed by atoms with Crippen LogP contribution in [0.4, 0.5) is 20.5 Å². The Bertz CT molecular complexity index is 1810. The lowest BCUT2D eigenvalue weighted by atomic mass is 10.1. The van der Waals surface area contributed by atoms with E-state index in [0.29, 0.717) is 0 Å². The Kier molecular flexibility index (Phi) is 9.56. The van der Waals surface area contributed by atoms with Gasteiger partial charge in [-0.1, -0.05) is 0 Å². The Hall–Kier alpha value is -3.50. The maximum Gasteiger partial charge on any atom is 0.472 e. The molecule has 0 bridgehead atoms. The maximum atomic E-state index is 15.7. The molecule has 4 aromatic rings. The number of hydrogen-bond acceptors (Lipinski definition) is 16. The van der Waals surface area contributed by atoms with Crippen LogP contribution in [0.15, 0.2) is 23.8 Å². The molecule has 0 spiro atoms. The lowest BCUT2D eigenvalue weighted by molar-refractivity contribution is -0.246. The lowest BCUT2D eigenvalue weighted by Gasteiger charge is -2.27. The van der Waals surface area contributed by atoms with Crippen molar-refractivity contribution in [3.8, 4) is 0 Å². The van der Waals surface area contributed by atoms with Gasteiger partial charge in [-0.3, -0.25) is 37.3 Å². The number of fused-ring (bicyclic) bond motifs is 2. The van der Waals surface area contributed by atoms with Gasteiger partial charge in [-0.05, 0) is 6.92 Å². The summed E-state index contributed by atoms with van der Waals surface area (Å²) in [5, 5.41) is 9.25. The van der Waals surface area contributed by atoms with Crippen LogP contribution in [0.2, 0.25) is 0 Å². The van der Waals surface area contributed by atoms with E-state index in [4.69, 9.17) is 34.7 Å². The van der Waals surface area contributed by atoms with Gasteiger partial charge in [0.2, 0.25) is 14.0 Å². The minimum Gasteiger partial charge on any atom is -0.382 e. The van der Waals surface area contributed by atoms with Crippen molar-refractivity contribution in [1.29, 1.82) is 0 Å². The highest BCUT2D eigenvalue weighted by atomic mass is 31.2. The number of nitrogens with zero attached hydrogens (tertiary/aromatic N) is 7. The number of anilines is 2. The molecule has 0 amide bonds. The topological polar surface area (TPSA) is 300 Å². The first-order valence-electron chi connectivity index (χ1n) is 12.7. The molecule has 5 heterocycles. The van der Waals surface area contributed by atoms with Crippen LogP contribution in [0.3, 0.4) is 0 Å². The molecule has 0 saturated carbocycles. The predicted octanol–water partition coefficient (Wildman–Crippen LogP) is -0.548. The van der Waals surface area contributed by atoms with Crippen LogP contribution in [-0.4, -0.2) is 97.9 Å². The van der Waals surface area contributed by atoms with Gasteiger partial charge in [0.05, 0.1) is 19.3 Å². The number of nitrogens with one attached hydrogen (secondary N) is 1. The number of rotatable bonds is 13. The van der Waals surface area contributed by atoms with Crippen molar-refractivity contribution in [2.75, 3.05) is 24.4 Å². The molecule has 1 aliphatic rings. The molecule has 246 valence electrons. The third-order valence-corrected chi connectivity index (χ3v) is 7.89. The highest BCUT2D eigenvalue weighted by molar-refractivity contribution is 7.47.